The molecule has 1 N–H and O–H groups in total. The van der Waals surface area contributed by atoms with Gasteiger partial charge < -0.3 is 9.88 Å². The number of hydrogen-bond acceptors (Lipinski definition) is 3. The highest BCUT2D eigenvalue weighted by Crippen LogP contribution is 2.28. The van der Waals surface area contributed by atoms with E-state index in [-0.39, 0.29) is 17.4 Å². The van der Waals surface area contributed by atoms with Gasteiger partial charge in [0.15, 0.2) is 5.78 Å². The minimum absolute atomic E-state index is 0.167. The largest absolute Gasteiger partial charge is 0.353 e. The molecule has 0 aliphatic heterocycles. The molecule has 3 aromatic rings. The average molecular weight is 281 g/mol. The third kappa shape index (κ3) is 2.07. The highest BCUT2D eigenvalue weighted by molar-refractivity contribution is 6.15. The second-order valence-corrected chi connectivity index (χ2v) is 5.21. The van der Waals surface area contributed by atoms with E-state index in [9.17, 15) is 9.59 Å². The first-order chi connectivity index (χ1) is 9.99. The van der Waals surface area contributed by atoms with E-state index in [1.165, 1.54) is 11.8 Å². The number of carbonyl (C=O) groups is 2. The van der Waals surface area contributed by atoms with Crippen LogP contribution in [0.5, 0.6) is 0 Å². The van der Waals surface area contributed by atoms with Crippen LogP contribution in [0.3, 0.4) is 0 Å². The van der Waals surface area contributed by atoms with E-state index in [0.717, 1.165) is 16.3 Å². The Morgan fingerprint density at radius 1 is 1.14 bits per heavy atom. The fraction of sp³-hybridized carbons (Fsp3) is 0.188. The van der Waals surface area contributed by atoms with E-state index in [1.54, 1.807) is 20.2 Å². The normalized spacial score (nSPS) is 11.0. The van der Waals surface area contributed by atoms with Crippen molar-refractivity contribution in [2.75, 3.05) is 14.1 Å². The molecule has 2 heterocycles. The maximum absolute atomic E-state index is 12.2. The molecule has 5 nitrogen and oxygen atoms in total. The van der Waals surface area contributed by atoms with Crippen molar-refractivity contribution in [3.63, 3.8) is 0 Å². The van der Waals surface area contributed by atoms with E-state index in [0.29, 0.717) is 11.2 Å². The molecule has 0 atom stereocenters. The third-order valence-electron chi connectivity index (χ3n) is 3.46. The molecular formula is C16H15N3O2. The average Bonchev–Trinajstić information content (AvgIpc) is 2.83. The molecule has 3 rings (SSSR count). The Labute approximate surface area is 121 Å². The molecule has 2 aromatic heterocycles. The van der Waals surface area contributed by atoms with Gasteiger partial charge in [-0.3, -0.25) is 9.59 Å². The highest BCUT2D eigenvalue weighted by Gasteiger charge is 2.18. The van der Waals surface area contributed by atoms with Crippen molar-refractivity contribution < 1.29 is 9.59 Å². The van der Waals surface area contributed by atoms with Crippen molar-refractivity contribution in [3.8, 4) is 0 Å². The summed E-state index contributed by atoms with van der Waals surface area (Å²) in [6.45, 7) is 1.46. The Bertz CT molecular complexity index is 878. The maximum atomic E-state index is 12.2. The first-order valence-electron chi connectivity index (χ1n) is 6.63. The Hall–Kier alpha value is -2.69. The van der Waals surface area contributed by atoms with Gasteiger partial charge in [-0.2, -0.15) is 0 Å². The summed E-state index contributed by atoms with van der Waals surface area (Å²) in [6, 6.07) is 9.49. The minimum Gasteiger partial charge on any atom is -0.353 e. The van der Waals surface area contributed by atoms with Gasteiger partial charge in [-0.15, -0.1) is 0 Å². The number of pyridine rings is 1. The number of carbonyl (C=O) groups excluding carboxylic acids is 2. The number of rotatable bonds is 2. The Kier molecular flexibility index (Phi) is 2.97. The summed E-state index contributed by atoms with van der Waals surface area (Å²) < 4.78 is 0. The van der Waals surface area contributed by atoms with Gasteiger partial charge in [-0.25, -0.2) is 4.98 Å². The summed E-state index contributed by atoms with van der Waals surface area (Å²) in [7, 11) is 3.33. The minimum atomic E-state index is -0.218. The van der Waals surface area contributed by atoms with Crippen molar-refractivity contribution >= 4 is 33.5 Å². The molecule has 0 aliphatic carbocycles. The fourth-order valence-electron chi connectivity index (χ4n) is 2.44. The van der Waals surface area contributed by atoms with Crippen LogP contribution in [0, 0.1) is 0 Å². The van der Waals surface area contributed by atoms with Gasteiger partial charge in [0, 0.05) is 37.3 Å². The van der Waals surface area contributed by atoms with Gasteiger partial charge in [-0.05, 0) is 12.1 Å². The quantitative estimate of drug-likeness (QED) is 0.734. The Balaban J connectivity index is 2.41. The second-order valence-electron chi connectivity index (χ2n) is 5.21. The number of nitrogens with one attached hydrogen (secondary N) is 1. The number of hydrogen-bond donors (Lipinski definition) is 1. The van der Waals surface area contributed by atoms with Gasteiger partial charge >= 0.3 is 0 Å². The van der Waals surface area contributed by atoms with Crippen molar-refractivity contribution in [3.05, 3.63) is 41.7 Å². The molecule has 0 radical (unpaired) electrons. The molecule has 0 fully saturated rings. The molecule has 0 aliphatic rings. The Morgan fingerprint density at radius 3 is 2.52 bits per heavy atom. The zero-order valence-electron chi connectivity index (χ0n) is 12.1. The molecule has 0 bridgehead atoms. The van der Waals surface area contributed by atoms with Crippen LogP contribution in [0.25, 0.3) is 21.8 Å². The lowest BCUT2D eigenvalue weighted by Crippen LogP contribution is -2.23. The lowest BCUT2D eigenvalue weighted by Gasteiger charge is -2.10. The number of aromatic nitrogens is 2. The lowest BCUT2D eigenvalue weighted by molar-refractivity contribution is 0.0822. The number of benzene rings is 1. The van der Waals surface area contributed by atoms with E-state index in [1.807, 2.05) is 24.3 Å². The van der Waals surface area contributed by atoms with Crippen LogP contribution in [0.2, 0.25) is 0 Å². The highest BCUT2D eigenvalue weighted by atomic mass is 16.2. The van der Waals surface area contributed by atoms with E-state index in [2.05, 4.69) is 9.97 Å². The van der Waals surface area contributed by atoms with E-state index in [4.69, 9.17) is 0 Å². The van der Waals surface area contributed by atoms with Crippen LogP contribution in [0.1, 0.15) is 27.9 Å². The van der Waals surface area contributed by atoms with Crippen LogP contribution >= 0.6 is 0 Å². The number of H-pyrrole nitrogens is 1. The Morgan fingerprint density at radius 2 is 1.86 bits per heavy atom. The van der Waals surface area contributed by atoms with E-state index >= 15 is 0 Å². The molecule has 106 valence electrons. The predicted octanol–water partition coefficient (Wildman–Crippen LogP) is 2.62. The maximum Gasteiger partial charge on any atom is 0.271 e. The first kappa shape index (κ1) is 13.3. The molecule has 1 aromatic carbocycles. The summed E-state index contributed by atoms with van der Waals surface area (Å²) in [4.78, 5) is 32.9. The third-order valence-corrected chi connectivity index (χ3v) is 3.46. The molecule has 1 amide bonds. The number of nitrogens with zero attached hydrogens (tertiary/aromatic N) is 2. The monoisotopic (exact) mass is 281 g/mol. The van der Waals surface area contributed by atoms with Gasteiger partial charge in [0.05, 0.1) is 5.52 Å². The van der Waals surface area contributed by atoms with E-state index < -0.39 is 0 Å². The first-order valence-corrected chi connectivity index (χ1v) is 6.63. The molecule has 0 spiro atoms. The van der Waals surface area contributed by atoms with Gasteiger partial charge in [0.1, 0.15) is 11.4 Å². The second kappa shape index (κ2) is 4.70. The number of amides is 1. The molecular weight excluding hydrogens is 266 g/mol. The smallest absolute Gasteiger partial charge is 0.271 e. The standard InChI is InChI=1S/C16H15N3O2/c1-9(20)14-15-11(8-13(18-14)16(21)19(2)3)10-6-4-5-7-12(10)17-15/h4-8,17H,1-3H3. The predicted molar refractivity (Wildman–Crippen MR) is 81.6 cm³/mol. The molecule has 0 saturated heterocycles. The summed E-state index contributed by atoms with van der Waals surface area (Å²) >= 11 is 0. The molecule has 5 heteroatoms. The van der Waals surface area contributed by atoms with Crippen LogP contribution < -0.4 is 0 Å². The topological polar surface area (TPSA) is 66.1 Å². The fourth-order valence-corrected chi connectivity index (χ4v) is 2.44. The van der Waals surface area contributed by atoms with Crippen LogP contribution in [-0.2, 0) is 0 Å². The van der Waals surface area contributed by atoms with Crippen LogP contribution in [0.15, 0.2) is 30.3 Å². The zero-order valence-corrected chi connectivity index (χ0v) is 12.1. The summed E-state index contributed by atoms with van der Waals surface area (Å²) in [5.74, 6) is -0.385. The van der Waals surface area contributed by atoms with Crippen LogP contribution in [0.4, 0.5) is 0 Å². The summed E-state index contributed by atoms with van der Waals surface area (Å²) in [5.41, 5.74) is 2.18. The van der Waals surface area contributed by atoms with Gasteiger partial charge in [0.2, 0.25) is 0 Å². The van der Waals surface area contributed by atoms with Gasteiger partial charge in [0.25, 0.3) is 5.91 Å². The SMILES string of the molecule is CC(=O)c1nc(C(=O)N(C)C)cc2c1[nH]c1ccccc12. The molecule has 0 saturated carbocycles. The molecule has 21 heavy (non-hydrogen) atoms. The number of para-hydroxylation sites is 1. The van der Waals surface area contributed by atoms with Crippen LogP contribution in [-0.4, -0.2) is 40.7 Å². The van der Waals surface area contributed by atoms with Crippen molar-refractivity contribution in [1.29, 1.82) is 0 Å². The van der Waals surface area contributed by atoms with Crippen molar-refractivity contribution in [2.24, 2.45) is 0 Å². The summed E-state index contributed by atoms with van der Waals surface area (Å²) in [5, 5.41) is 1.82. The number of aromatic amines is 1. The van der Waals surface area contributed by atoms with Crippen molar-refractivity contribution in [2.45, 2.75) is 6.92 Å². The summed E-state index contributed by atoms with van der Waals surface area (Å²) in [6.07, 6.45) is 0. The van der Waals surface area contributed by atoms with Crippen molar-refractivity contribution in [1.82, 2.24) is 14.9 Å². The number of Topliss-reactive ketones (excluding diaryl/α,β-unsaturated/α-hetero) is 1. The zero-order chi connectivity index (χ0) is 15.1. The number of fused-ring (bicyclic) bond motifs is 3. The lowest BCUT2D eigenvalue weighted by atomic mass is 10.1. The van der Waals surface area contributed by atoms with Gasteiger partial charge in [-0.1, -0.05) is 18.2 Å². The molecule has 0 unspecified atom stereocenters. The number of ketones is 1.